The second-order valence-electron chi connectivity index (χ2n) is 4.03. The van der Waals surface area contributed by atoms with E-state index in [1.807, 2.05) is 18.0 Å². The number of hydrogen-bond acceptors (Lipinski definition) is 6. The molecule has 1 aromatic rings. The summed E-state index contributed by atoms with van der Waals surface area (Å²) >= 11 is 5.29. The molecular formula is C10H17N3S3. The fourth-order valence-electron chi connectivity index (χ4n) is 2.16. The Hall–Kier alpha value is 0.220. The highest BCUT2D eigenvalue weighted by Gasteiger charge is 2.33. The van der Waals surface area contributed by atoms with Gasteiger partial charge in [-0.05, 0) is 32.1 Å². The molecule has 3 unspecified atom stereocenters. The van der Waals surface area contributed by atoms with Gasteiger partial charge in [0.1, 0.15) is 0 Å². The highest BCUT2D eigenvalue weighted by Crippen LogP contribution is 2.40. The summed E-state index contributed by atoms with van der Waals surface area (Å²) in [6, 6.07) is 0.672. The lowest BCUT2D eigenvalue weighted by Gasteiger charge is -2.18. The Bertz CT molecular complexity index is 342. The largest absolute Gasteiger partial charge is 0.317 e. The summed E-state index contributed by atoms with van der Waals surface area (Å²) in [6.07, 6.45) is 4.61. The van der Waals surface area contributed by atoms with E-state index in [2.05, 4.69) is 29.5 Å². The predicted molar refractivity (Wildman–Crippen MR) is 72.6 cm³/mol. The van der Waals surface area contributed by atoms with Gasteiger partial charge in [0.25, 0.3) is 0 Å². The van der Waals surface area contributed by atoms with Crippen LogP contribution in [-0.4, -0.2) is 34.8 Å². The molecule has 1 fully saturated rings. The summed E-state index contributed by atoms with van der Waals surface area (Å²) in [5, 5.41) is 12.5. The van der Waals surface area contributed by atoms with Crippen LogP contribution >= 0.6 is 34.9 Å². The van der Waals surface area contributed by atoms with Crippen LogP contribution in [-0.2, 0) is 0 Å². The van der Waals surface area contributed by atoms with Gasteiger partial charge in [-0.3, -0.25) is 0 Å². The molecular weight excluding hydrogens is 258 g/mol. The van der Waals surface area contributed by atoms with Crippen molar-refractivity contribution in [3.8, 4) is 0 Å². The Morgan fingerprint density at radius 2 is 2.06 bits per heavy atom. The molecule has 2 rings (SSSR count). The minimum atomic E-state index is 0.672. The van der Waals surface area contributed by atoms with Gasteiger partial charge < -0.3 is 5.32 Å². The Morgan fingerprint density at radius 3 is 2.62 bits per heavy atom. The van der Waals surface area contributed by atoms with Crippen LogP contribution in [0.4, 0.5) is 0 Å². The molecule has 0 aliphatic heterocycles. The van der Waals surface area contributed by atoms with Gasteiger partial charge in [0.05, 0.1) is 0 Å². The molecule has 1 heterocycles. The van der Waals surface area contributed by atoms with Gasteiger partial charge in [-0.25, -0.2) is 0 Å². The molecule has 1 aliphatic carbocycles. The molecule has 16 heavy (non-hydrogen) atoms. The highest BCUT2D eigenvalue weighted by molar-refractivity contribution is 8.03. The minimum Gasteiger partial charge on any atom is -0.317 e. The second kappa shape index (κ2) is 5.71. The topological polar surface area (TPSA) is 37.8 Å². The van der Waals surface area contributed by atoms with Crippen LogP contribution in [0.25, 0.3) is 0 Å². The molecule has 3 nitrogen and oxygen atoms in total. The average molecular weight is 275 g/mol. The first-order valence-corrected chi connectivity index (χ1v) is 8.38. The Kier molecular flexibility index (Phi) is 4.52. The van der Waals surface area contributed by atoms with Crippen molar-refractivity contribution >= 4 is 34.9 Å². The third kappa shape index (κ3) is 2.72. The van der Waals surface area contributed by atoms with Crippen LogP contribution in [0.3, 0.4) is 0 Å². The SMILES string of the molecule is CNC1CCC(Sc2nnc(SC)s2)C1C. The number of hydrogen-bond donors (Lipinski definition) is 1. The van der Waals surface area contributed by atoms with Crippen molar-refractivity contribution < 1.29 is 0 Å². The van der Waals surface area contributed by atoms with Gasteiger partial charge in [0, 0.05) is 11.3 Å². The van der Waals surface area contributed by atoms with E-state index in [1.165, 1.54) is 12.8 Å². The van der Waals surface area contributed by atoms with E-state index in [4.69, 9.17) is 0 Å². The maximum absolute atomic E-state index is 4.23. The van der Waals surface area contributed by atoms with Crippen LogP contribution in [0.15, 0.2) is 8.68 Å². The van der Waals surface area contributed by atoms with E-state index in [0.29, 0.717) is 11.3 Å². The van der Waals surface area contributed by atoms with Crippen molar-refractivity contribution in [3.05, 3.63) is 0 Å². The zero-order chi connectivity index (χ0) is 11.5. The molecule has 1 aromatic heterocycles. The van der Waals surface area contributed by atoms with E-state index in [-0.39, 0.29) is 0 Å². The maximum atomic E-state index is 4.23. The van der Waals surface area contributed by atoms with Gasteiger partial charge in [-0.1, -0.05) is 41.8 Å². The average Bonchev–Trinajstić information content (AvgIpc) is 2.88. The fourth-order valence-corrected chi connectivity index (χ4v) is 5.13. The van der Waals surface area contributed by atoms with Crippen LogP contribution in [0, 0.1) is 5.92 Å². The van der Waals surface area contributed by atoms with Crippen LogP contribution in [0.5, 0.6) is 0 Å². The van der Waals surface area contributed by atoms with Crippen LogP contribution in [0.1, 0.15) is 19.8 Å². The lowest BCUT2D eigenvalue weighted by molar-refractivity contribution is 0.464. The monoisotopic (exact) mass is 275 g/mol. The molecule has 0 amide bonds. The molecule has 1 aliphatic rings. The van der Waals surface area contributed by atoms with Crippen molar-refractivity contribution in [3.63, 3.8) is 0 Å². The van der Waals surface area contributed by atoms with Gasteiger partial charge >= 0.3 is 0 Å². The van der Waals surface area contributed by atoms with Gasteiger partial charge in [0.2, 0.25) is 0 Å². The van der Waals surface area contributed by atoms with Crippen LogP contribution < -0.4 is 5.32 Å². The molecule has 0 radical (unpaired) electrons. The number of aromatic nitrogens is 2. The van der Waals surface area contributed by atoms with Crippen molar-refractivity contribution in [2.45, 2.75) is 39.7 Å². The minimum absolute atomic E-state index is 0.672. The van der Waals surface area contributed by atoms with Gasteiger partial charge in [-0.2, -0.15) is 0 Å². The molecule has 0 spiro atoms. The van der Waals surface area contributed by atoms with Crippen molar-refractivity contribution in [1.82, 2.24) is 15.5 Å². The number of nitrogens with one attached hydrogen (secondary N) is 1. The second-order valence-corrected chi connectivity index (χ2v) is 7.54. The number of thioether (sulfide) groups is 2. The molecule has 0 bridgehead atoms. The Morgan fingerprint density at radius 1 is 1.31 bits per heavy atom. The zero-order valence-corrected chi connectivity index (χ0v) is 12.2. The summed E-state index contributed by atoms with van der Waals surface area (Å²) in [7, 11) is 2.06. The standard InChI is InChI=1S/C10H17N3S3/c1-6-7(11-2)4-5-8(6)15-10-13-12-9(14-3)16-10/h6-8,11H,4-5H2,1-3H3. The van der Waals surface area contributed by atoms with Crippen molar-refractivity contribution in [2.24, 2.45) is 5.92 Å². The molecule has 3 atom stereocenters. The maximum Gasteiger partial charge on any atom is 0.175 e. The predicted octanol–water partition coefficient (Wildman–Crippen LogP) is 2.74. The van der Waals surface area contributed by atoms with Gasteiger partial charge in [0.15, 0.2) is 8.68 Å². The Balaban J connectivity index is 1.95. The molecule has 0 saturated heterocycles. The molecule has 0 aromatic carbocycles. The lowest BCUT2D eigenvalue weighted by atomic mass is 10.1. The van der Waals surface area contributed by atoms with Crippen LogP contribution in [0.2, 0.25) is 0 Å². The third-order valence-corrected chi connectivity index (χ3v) is 6.65. The van der Waals surface area contributed by atoms with Crippen molar-refractivity contribution in [2.75, 3.05) is 13.3 Å². The zero-order valence-electron chi connectivity index (χ0n) is 9.77. The lowest BCUT2D eigenvalue weighted by Crippen LogP contribution is -2.29. The molecule has 90 valence electrons. The summed E-state index contributed by atoms with van der Waals surface area (Å²) < 4.78 is 2.19. The third-order valence-electron chi connectivity index (χ3n) is 3.17. The molecule has 6 heteroatoms. The smallest absolute Gasteiger partial charge is 0.175 e. The first-order valence-electron chi connectivity index (χ1n) is 5.46. The van der Waals surface area contributed by atoms with E-state index < -0.39 is 0 Å². The van der Waals surface area contributed by atoms with Gasteiger partial charge in [-0.15, -0.1) is 10.2 Å². The highest BCUT2D eigenvalue weighted by atomic mass is 32.2. The Labute approximate surface area is 109 Å². The van der Waals surface area contributed by atoms with E-state index in [9.17, 15) is 0 Å². The summed E-state index contributed by atoms with van der Waals surface area (Å²) in [6.45, 7) is 2.34. The number of nitrogens with zero attached hydrogens (tertiary/aromatic N) is 2. The van der Waals surface area contributed by atoms with E-state index in [0.717, 1.165) is 14.6 Å². The summed E-state index contributed by atoms with van der Waals surface area (Å²) in [5.74, 6) is 0.719. The number of rotatable bonds is 4. The first-order chi connectivity index (χ1) is 7.74. The normalized spacial score (nSPS) is 29.8. The quantitative estimate of drug-likeness (QED) is 0.855. The fraction of sp³-hybridized carbons (Fsp3) is 0.800. The summed E-state index contributed by atoms with van der Waals surface area (Å²) in [5.41, 5.74) is 0. The molecule has 1 saturated carbocycles. The van der Waals surface area contributed by atoms with E-state index in [1.54, 1.807) is 23.1 Å². The van der Waals surface area contributed by atoms with Crippen molar-refractivity contribution in [1.29, 1.82) is 0 Å². The summed E-state index contributed by atoms with van der Waals surface area (Å²) in [4.78, 5) is 0. The molecule has 1 N–H and O–H groups in total. The van der Waals surface area contributed by atoms with E-state index >= 15 is 0 Å². The first kappa shape index (κ1) is 12.7.